The summed E-state index contributed by atoms with van der Waals surface area (Å²) in [6.07, 6.45) is -4.75. The number of hydrogen-bond acceptors (Lipinski definition) is 2. The number of halogens is 5. The summed E-state index contributed by atoms with van der Waals surface area (Å²) in [7, 11) is 0. The summed E-state index contributed by atoms with van der Waals surface area (Å²) < 4.78 is 53.2. The van der Waals surface area contributed by atoms with Gasteiger partial charge < -0.3 is 15.5 Å². The largest absolute Gasteiger partial charge is 0.391 e. The van der Waals surface area contributed by atoms with E-state index in [1.807, 2.05) is 0 Å². The molecule has 28 heavy (non-hydrogen) atoms. The van der Waals surface area contributed by atoms with Crippen LogP contribution in [-0.4, -0.2) is 42.1 Å². The van der Waals surface area contributed by atoms with Crippen molar-refractivity contribution < 1.29 is 27.2 Å². The van der Waals surface area contributed by atoms with Crippen molar-refractivity contribution >= 4 is 23.5 Å². The smallest absolute Gasteiger partial charge is 0.353 e. The Labute approximate surface area is 164 Å². The van der Waals surface area contributed by atoms with Crippen LogP contribution in [0.4, 0.5) is 22.4 Å². The van der Waals surface area contributed by atoms with Crippen LogP contribution in [0, 0.1) is 17.7 Å². The highest BCUT2D eigenvalue weighted by Gasteiger charge is 2.51. The number of piperazine rings is 1. The Bertz CT molecular complexity index is 768. The first-order valence-electron chi connectivity index (χ1n) is 8.95. The quantitative estimate of drug-likeness (QED) is 0.732. The number of benzene rings is 1. The maximum Gasteiger partial charge on any atom is 0.391 e. The van der Waals surface area contributed by atoms with Crippen LogP contribution in [0.15, 0.2) is 18.2 Å². The van der Waals surface area contributed by atoms with Crippen LogP contribution in [0.25, 0.3) is 0 Å². The van der Waals surface area contributed by atoms with Gasteiger partial charge in [-0.2, -0.15) is 13.2 Å². The van der Waals surface area contributed by atoms with Gasteiger partial charge >= 0.3 is 12.2 Å². The molecule has 1 aliphatic heterocycles. The molecule has 0 bridgehead atoms. The van der Waals surface area contributed by atoms with Crippen LogP contribution in [0.1, 0.15) is 31.4 Å². The van der Waals surface area contributed by atoms with Crippen molar-refractivity contribution in [3.8, 4) is 0 Å². The first-order chi connectivity index (χ1) is 13.1. The number of amides is 3. The number of hydrogen-bond donors (Lipinski definition) is 2. The highest BCUT2D eigenvalue weighted by Crippen LogP contribution is 2.50. The maximum atomic E-state index is 14.6. The van der Waals surface area contributed by atoms with Gasteiger partial charge in [-0.3, -0.25) is 4.79 Å². The van der Waals surface area contributed by atoms with Gasteiger partial charge in [0.05, 0.1) is 17.0 Å². The van der Waals surface area contributed by atoms with Crippen molar-refractivity contribution in [1.29, 1.82) is 0 Å². The average Bonchev–Trinajstić information content (AvgIpc) is 2.56. The van der Waals surface area contributed by atoms with Crippen LogP contribution in [0.5, 0.6) is 0 Å². The Morgan fingerprint density at radius 2 is 2.04 bits per heavy atom. The zero-order valence-corrected chi connectivity index (χ0v) is 15.8. The molecule has 1 heterocycles. The fourth-order valence-corrected chi connectivity index (χ4v) is 3.87. The summed E-state index contributed by atoms with van der Waals surface area (Å²) in [4.78, 5) is 25.8. The molecule has 1 unspecified atom stereocenters. The summed E-state index contributed by atoms with van der Waals surface area (Å²) in [5.41, 5.74) is 0.0422. The summed E-state index contributed by atoms with van der Waals surface area (Å²) in [6, 6.07) is 1.89. The van der Waals surface area contributed by atoms with E-state index in [1.165, 1.54) is 23.1 Å². The van der Waals surface area contributed by atoms with Crippen molar-refractivity contribution in [3.05, 3.63) is 34.6 Å². The minimum atomic E-state index is -4.32. The molecular formula is C18H20ClF4N3O2. The van der Waals surface area contributed by atoms with E-state index in [0.717, 1.165) is 0 Å². The molecule has 2 fully saturated rings. The van der Waals surface area contributed by atoms with Crippen LogP contribution in [0.2, 0.25) is 5.02 Å². The molecule has 2 aliphatic rings. The van der Waals surface area contributed by atoms with E-state index < -0.39 is 41.9 Å². The lowest BCUT2D eigenvalue weighted by atomic mass is 9.69. The normalized spacial score (nSPS) is 26.3. The SMILES string of the molecule is C[C@@H]1C(=O)NCCN1C(=O)NC(c1cccc(Cl)c1F)[C@H]1C[C@H](C(F)(F)F)C1. The molecule has 154 valence electrons. The van der Waals surface area contributed by atoms with Crippen molar-refractivity contribution in [2.75, 3.05) is 13.1 Å². The molecule has 2 N–H and O–H groups in total. The molecule has 1 aromatic rings. The Kier molecular flexibility index (Phi) is 5.74. The lowest BCUT2D eigenvalue weighted by Crippen LogP contribution is -2.59. The topological polar surface area (TPSA) is 61.4 Å². The molecule has 2 atom stereocenters. The van der Waals surface area contributed by atoms with Gasteiger partial charge in [-0.25, -0.2) is 9.18 Å². The Hall–Kier alpha value is -2.03. The minimum Gasteiger partial charge on any atom is -0.353 e. The van der Waals surface area contributed by atoms with Gasteiger partial charge in [0, 0.05) is 18.7 Å². The number of rotatable bonds is 3. The van der Waals surface area contributed by atoms with Gasteiger partial charge in [0.1, 0.15) is 11.9 Å². The van der Waals surface area contributed by atoms with E-state index in [1.54, 1.807) is 6.92 Å². The summed E-state index contributed by atoms with van der Waals surface area (Å²) in [5, 5.41) is 5.09. The van der Waals surface area contributed by atoms with Gasteiger partial charge in [0.2, 0.25) is 5.91 Å². The van der Waals surface area contributed by atoms with Crippen molar-refractivity contribution in [3.63, 3.8) is 0 Å². The number of nitrogens with zero attached hydrogens (tertiary/aromatic N) is 1. The van der Waals surface area contributed by atoms with Crippen LogP contribution in [0.3, 0.4) is 0 Å². The van der Waals surface area contributed by atoms with Crippen molar-refractivity contribution in [1.82, 2.24) is 15.5 Å². The molecule has 10 heteroatoms. The second kappa shape index (κ2) is 7.77. The predicted octanol–water partition coefficient (Wildman–Crippen LogP) is 3.64. The van der Waals surface area contributed by atoms with Gasteiger partial charge in [-0.05, 0) is 31.7 Å². The second-order valence-electron chi connectivity index (χ2n) is 7.20. The van der Waals surface area contributed by atoms with Gasteiger partial charge in [0.25, 0.3) is 0 Å². The Morgan fingerprint density at radius 1 is 1.36 bits per heavy atom. The van der Waals surface area contributed by atoms with Crippen molar-refractivity contribution in [2.45, 2.75) is 38.0 Å². The van der Waals surface area contributed by atoms with E-state index >= 15 is 0 Å². The lowest BCUT2D eigenvalue weighted by Gasteiger charge is -2.43. The zero-order chi connectivity index (χ0) is 20.6. The molecule has 3 rings (SSSR count). The van der Waals surface area contributed by atoms with E-state index in [-0.39, 0.29) is 42.4 Å². The molecule has 1 saturated carbocycles. The molecule has 1 aromatic carbocycles. The first kappa shape index (κ1) is 20.7. The fourth-order valence-electron chi connectivity index (χ4n) is 3.69. The third-order valence-corrected chi connectivity index (χ3v) is 5.76. The zero-order valence-electron chi connectivity index (χ0n) is 15.0. The van der Waals surface area contributed by atoms with Crippen LogP contribution >= 0.6 is 11.6 Å². The fraction of sp³-hybridized carbons (Fsp3) is 0.556. The molecule has 0 spiro atoms. The number of alkyl halides is 3. The van der Waals surface area contributed by atoms with E-state index in [0.29, 0.717) is 0 Å². The third kappa shape index (κ3) is 4.04. The summed E-state index contributed by atoms with van der Waals surface area (Å²) >= 11 is 5.82. The van der Waals surface area contributed by atoms with E-state index in [2.05, 4.69) is 10.6 Å². The number of carbonyl (C=O) groups is 2. The number of urea groups is 1. The molecule has 1 aliphatic carbocycles. The molecule has 5 nitrogen and oxygen atoms in total. The van der Waals surface area contributed by atoms with E-state index in [9.17, 15) is 27.2 Å². The molecule has 1 saturated heterocycles. The van der Waals surface area contributed by atoms with Gasteiger partial charge in [-0.15, -0.1) is 0 Å². The minimum absolute atomic E-state index is 0.0422. The first-order valence-corrected chi connectivity index (χ1v) is 9.33. The monoisotopic (exact) mass is 421 g/mol. The van der Waals surface area contributed by atoms with Gasteiger partial charge in [0.15, 0.2) is 0 Å². The average molecular weight is 422 g/mol. The Balaban J connectivity index is 1.82. The maximum absolute atomic E-state index is 14.6. The Morgan fingerprint density at radius 3 is 2.68 bits per heavy atom. The summed E-state index contributed by atoms with van der Waals surface area (Å²) in [6.45, 7) is 2.07. The highest BCUT2D eigenvalue weighted by molar-refractivity contribution is 6.30. The molecule has 0 aromatic heterocycles. The van der Waals surface area contributed by atoms with Crippen LogP contribution in [-0.2, 0) is 4.79 Å². The third-order valence-electron chi connectivity index (χ3n) is 5.46. The van der Waals surface area contributed by atoms with E-state index in [4.69, 9.17) is 11.6 Å². The molecule has 3 amide bonds. The number of nitrogens with one attached hydrogen (secondary N) is 2. The standard InChI is InChI=1S/C18H20ClF4N3O2/c1-9-16(27)24-5-6-26(9)17(28)25-15(10-7-11(8-10)18(21,22)23)12-3-2-4-13(19)14(12)20/h2-4,9-11,15H,5-8H2,1H3,(H,24,27)(H,25,28)/t9-,10-,11-,15?/m1/s1. The summed E-state index contributed by atoms with van der Waals surface area (Å²) in [5.74, 6) is -3.15. The lowest BCUT2D eigenvalue weighted by molar-refractivity contribution is -0.206. The van der Waals surface area contributed by atoms with Crippen molar-refractivity contribution in [2.24, 2.45) is 11.8 Å². The van der Waals surface area contributed by atoms with Gasteiger partial charge in [-0.1, -0.05) is 23.7 Å². The second-order valence-corrected chi connectivity index (χ2v) is 7.61. The molecule has 0 radical (unpaired) electrons. The molecular weight excluding hydrogens is 402 g/mol. The highest BCUT2D eigenvalue weighted by atomic mass is 35.5. The van der Waals surface area contributed by atoms with Crippen LogP contribution < -0.4 is 10.6 Å². The number of carbonyl (C=O) groups excluding carboxylic acids is 2. The predicted molar refractivity (Wildman–Crippen MR) is 94.1 cm³/mol.